The molecule has 1 aliphatic rings. The van der Waals surface area contributed by atoms with Crippen LogP contribution in [0.3, 0.4) is 0 Å². The molecule has 1 fully saturated rings. The van der Waals surface area contributed by atoms with Crippen LogP contribution in [0, 0.1) is 0 Å². The molecule has 106 valence electrons. The fourth-order valence-electron chi connectivity index (χ4n) is 2.26. The number of nitrogens with zero attached hydrogens (tertiary/aromatic N) is 3. The summed E-state index contributed by atoms with van der Waals surface area (Å²) in [6.07, 6.45) is 2.06. The molecule has 3 rings (SSSR count). The summed E-state index contributed by atoms with van der Waals surface area (Å²) in [4.78, 5) is 18.0. The quantitative estimate of drug-likeness (QED) is 0.931. The Morgan fingerprint density at radius 2 is 2.55 bits per heavy atom. The van der Waals surface area contributed by atoms with Crippen molar-refractivity contribution in [2.75, 3.05) is 13.6 Å². The van der Waals surface area contributed by atoms with Crippen molar-refractivity contribution < 1.29 is 9.32 Å². The van der Waals surface area contributed by atoms with Crippen LogP contribution in [0.1, 0.15) is 41.0 Å². The van der Waals surface area contributed by atoms with E-state index in [0.29, 0.717) is 12.4 Å². The maximum Gasteiger partial charge on any atom is 0.295 e. The number of rotatable bonds is 4. The first-order valence-electron chi connectivity index (χ1n) is 6.57. The molecule has 1 atom stereocenters. The number of hydrogen-bond acceptors (Lipinski definition) is 6. The van der Waals surface area contributed by atoms with E-state index in [0.717, 1.165) is 24.9 Å². The van der Waals surface area contributed by atoms with Crippen molar-refractivity contribution in [3.8, 4) is 0 Å². The number of amides is 1. The van der Waals surface area contributed by atoms with E-state index in [1.807, 2.05) is 16.8 Å². The Kier molecular flexibility index (Phi) is 3.79. The van der Waals surface area contributed by atoms with Crippen LogP contribution in [-0.4, -0.2) is 34.5 Å². The van der Waals surface area contributed by atoms with Gasteiger partial charge in [-0.2, -0.15) is 16.3 Å². The Hall–Kier alpha value is -1.73. The largest absolute Gasteiger partial charge is 0.337 e. The average molecular weight is 292 g/mol. The number of hydrogen-bond donors (Lipinski definition) is 1. The molecule has 3 heterocycles. The number of carbonyl (C=O) groups is 1. The zero-order chi connectivity index (χ0) is 13.9. The van der Waals surface area contributed by atoms with E-state index in [1.165, 1.54) is 0 Å². The molecule has 0 radical (unpaired) electrons. The van der Waals surface area contributed by atoms with Gasteiger partial charge < -0.3 is 14.7 Å². The van der Waals surface area contributed by atoms with Crippen LogP contribution in [0.25, 0.3) is 0 Å². The highest BCUT2D eigenvalue weighted by Crippen LogP contribution is 2.21. The lowest BCUT2D eigenvalue weighted by Crippen LogP contribution is -2.27. The van der Waals surface area contributed by atoms with Gasteiger partial charge in [0.1, 0.15) is 0 Å². The van der Waals surface area contributed by atoms with Gasteiger partial charge in [0.2, 0.25) is 5.89 Å². The summed E-state index contributed by atoms with van der Waals surface area (Å²) in [6.45, 7) is 1.50. The van der Waals surface area contributed by atoms with E-state index >= 15 is 0 Å². The summed E-state index contributed by atoms with van der Waals surface area (Å²) in [6, 6.07) is 2.09. The topological polar surface area (TPSA) is 71.3 Å². The van der Waals surface area contributed by atoms with Crippen molar-refractivity contribution in [3.05, 3.63) is 34.1 Å². The van der Waals surface area contributed by atoms with Crippen LogP contribution in [0.15, 0.2) is 21.3 Å². The molecule has 0 bridgehead atoms. The molecule has 1 saturated heterocycles. The SMILES string of the molecule is CN(Cc1ccsc1)C(=O)c1noc(C2CCCN2)n1. The maximum atomic E-state index is 12.2. The molecule has 0 saturated carbocycles. The summed E-state index contributed by atoms with van der Waals surface area (Å²) >= 11 is 1.61. The van der Waals surface area contributed by atoms with Gasteiger partial charge >= 0.3 is 0 Å². The number of thiophene rings is 1. The monoisotopic (exact) mass is 292 g/mol. The van der Waals surface area contributed by atoms with E-state index in [9.17, 15) is 4.79 Å². The van der Waals surface area contributed by atoms with Gasteiger partial charge in [-0.1, -0.05) is 5.16 Å². The number of aromatic nitrogens is 2. The highest BCUT2D eigenvalue weighted by Gasteiger charge is 2.25. The predicted octanol–water partition coefficient (Wildman–Crippen LogP) is 1.83. The lowest BCUT2D eigenvalue weighted by Gasteiger charge is -2.13. The van der Waals surface area contributed by atoms with Crippen molar-refractivity contribution in [1.29, 1.82) is 0 Å². The van der Waals surface area contributed by atoms with Gasteiger partial charge in [-0.05, 0) is 41.8 Å². The van der Waals surface area contributed by atoms with Crippen LogP contribution < -0.4 is 5.32 Å². The molecule has 2 aromatic rings. The van der Waals surface area contributed by atoms with Gasteiger partial charge in [-0.25, -0.2) is 0 Å². The van der Waals surface area contributed by atoms with E-state index in [2.05, 4.69) is 15.5 Å². The molecule has 2 aromatic heterocycles. The number of nitrogens with one attached hydrogen (secondary N) is 1. The molecule has 1 aliphatic heterocycles. The molecule has 0 aliphatic carbocycles. The highest BCUT2D eigenvalue weighted by molar-refractivity contribution is 7.07. The van der Waals surface area contributed by atoms with E-state index in [-0.39, 0.29) is 17.8 Å². The molecule has 0 aromatic carbocycles. The maximum absolute atomic E-state index is 12.2. The van der Waals surface area contributed by atoms with Crippen LogP contribution in [0.4, 0.5) is 0 Å². The fourth-order valence-corrected chi connectivity index (χ4v) is 2.92. The van der Waals surface area contributed by atoms with Crippen molar-refractivity contribution in [1.82, 2.24) is 20.4 Å². The Labute approximate surface area is 120 Å². The first kappa shape index (κ1) is 13.3. The molecule has 6 nitrogen and oxygen atoms in total. The van der Waals surface area contributed by atoms with E-state index < -0.39 is 0 Å². The van der Waals surface area contributed by atoms with Crippen LogP contribution in [-0.2, 0) is 6.54 Å². The standard InChI is InChI=1S/C13H16N4O2S/c1-17(7-9-4-6-20-8-9)13(18)11-15-12(19-16-11)10-3-2-5-14-10/h4,6,8,10,14H,2-3,5,7H2,1H3. The lowest BCUT2D eigenvalue weighted by molar-refractivity contribution is 0.0770. The lowest BCUT2D eigenvalue weighted by atomic mass is 10.2. The molecule has 0 spiro atoms. The Morgan fingerprint density at radius 1 is 1.65 bits per heavy atom. The van der Waals surface area contributed by atoms with Crippen molar-refractivity contribution in [2.24, 2.45) is 0 Å². The molecular weight excluding hydrogens is 276 g/mol. The van der Waals surface area contributed by atoms with Crippen molar-refractivity contribution in [2.45, 2.75) is 25.4 Å². The minimum absolute atomic E-state index is 0.0891. The molecule has 7 heteroatoms. The van der Waals surface area contributed by atoms with Crippen LogP contribution in [0.2, 0.25) is 0 Å². The fraction of sp³-hybridized carbons (Fsp3) is 0.462. The zero-order valence-corrected chi connectivity index (χ0v) is 12.0. The molecule has 1 N–H and O–H groups in total. The minimum atomic E-state index is -0.218. The number of carbonyl (C=O) groups excluding carboxylic acids is 1. The van der Waals surface area contributed by atoms with Gasteiger partial charge in [0, 0.05) is 13.6 Å². The highest BCUT2D eigenvalue weighted by atomic mass is 32.1. The first-order valence-corrected chi connectivity index (χ1v) is 7.52. The van der Waals surface area contributed by atoms with E-state index in [4.69, 9.17) is 4.52 Å². The predicted molar refractivity (Wildman–Crippen MR) is 74.4 cm³/mol. The average Bonchev–Trinajstić information content (AvgIpc) is 3.18. The van der Waals surface area contributed by atoms with Gasteiger partial charge in [0.05, 0.1) is 6.04 Å². The summed E-state index contributed by atoms with van der Waals surface area (Å²) in [5, 5.41) is 11.1. The molecule has 20 heavy (non-hydrogen) atoms. The second-order valence-electron chi connectivity index (χ2n) is 4.90. The third-order valence-electron chi connectivity index (χ3n) is 3.34. The summed E-state index contributed by atoms with van der Waals surface area (Å²) in [7, 11) is 1.74. The Morgan fingerprint density at radius 3 is 3.25 bits per heavy atom. The Balaban J connectivity index is 1.67. The normalized spacial score (nSPS) is 18.4. The summed E-state index contributed by atoms with van der Waals surface area (Å²) in [5.74, 6) is 0.422. The smallest absolute Gasteiger partial charge is 0.295 e. The van der Waals surface area contributed by atoms with Gasteiger partial charge in [0.25, 0.3) is 11.7 Å². The molecular formula is C13H16N4O2S. The van der Waals surface area contributed by atoms with E-state index in [1.54, 1.807) is 23.3 Å². The third kappa shape index (κ3) is 2.73. The van der Waals surface area contributed by atoms with Gasteiger partial charge in [-0.15, -0.1) is 0 Å². The van der Waals surface area contributed by atoms with Crippen LogP contribution >= 0.6 is 11.3 Å². The second kappa shape index (κ2) is 5.72. The zero-order valence-electron chi connectivity index (χ0n) is 11.2. The van der Waals surface area contributed by atoms with Crippen LogP contribution in [0.5, 0.6) is 0 Å². The minimum Gasteiger partial charge on any atom is -0.337 e. The molecule has 1 unspecified atom stereocenters. The van der Waals surface area contributed by atoms with Gasteiger partial charge in [-0.3, -0.25) is 4.79 Å². The molecule has 1 amide bonds. The van der Waals surface area contributed by atoms with Crippen molar-refractivity contribution in [3.63, 3.8) is 0 Å². The summed E-state index contributed by atoms with van der Waals surface area (Å²) in [5.41, 5.74) is 1.10. The van der Waals surface area contributed by atoms with Crippen molar-refractivity contribution >= 4 is 17.2 Å². The second-order valence-corrected chi connectivity index (χ2v) is 5.68. The third-order valence-corrected chi connectivity index (χ3v) is 4.07. The Bertz CT molecular complexity index is 575. The summed E-state index contributed by atoms with van der Waals surface area (Å²) < 4.78 is 5.19. The first-order chi connectivity index (χ1) is 9.74. The van der Waals surface area contributed by atoms with Gasteiger partial charge in [0.15, 0.2) is 0 Å².